The molecule has 2 aromatic rings. The van der Waals surface area contributed by atoms with Crippen LogP contribution >= 0.6 is 0 Å². The second-order valence-corrected chi connectivity index (χ2v) is 3.65. The van der Waals surface area contributed by atoms with E-state index in [1.54, 1.807) is 12.1 Å². The third-order valence-electron chi connectivity index (χ3n) is 2.44. The molecule has 2 N–H and O–H groups in total. The van der Waals surface area contributed by atoms with E-state index in [-0.39, 0.29) is 0 Å². The maximum Gasteiger partial charge on any atom is 0.258 e. The molecule has 0 heterocycles. The van der Waals surface area contributed by atoms with E-state index >= 15 is 0 Å². The number of amides is 1. The van der Waals surface area contributed by atoms with E-state index < -0.39 is 11.9 Å². The van der Waals surface area contributed by atoms with Gasteiger partial charge in [-0.2, -0.15) is 15.5 Å². The molecule has 0 saturated heterocycles. The van der Waals surface area contributed by atoms with Crippen molar-refractivity contribution >= 4 is 22.4 Å². The minimum Gasteiger partial charge on any atom is -0.367 e. The van der Waals surface area contributed by atoms with Crippen molar-refractivity contribution in [2.24, 2.45) is 16.0 Å². The molecular formula is C13H10N4O. The lowest BCUT2D eigenvalue weighted by atomic mass is 10.1. The number of carbonyl (C=O) groups is 1. The quantitative estimate of drug-likeness (QED) is 0.831. The van der Waals surface area contributed by atoms with Gasteiger partial charge in [-0.25, -0.2) is 0 Å². The first kappa shape index (κ1) is 11.7. The van der Waals surface area contributed by atoms with E-state index in [1.165, 1.54) is 0 Å². The van der Waals surface area contributed by atoms with Gasteiger partial charge in [-0.3, -0.25) is 4.79 Å². The van der Waals surface area contributed by atoms with Crippen LogP contribution in [0, 0.1) is 11.3 Å². The summed E-state index contributed by atoms with van der Waals surface area (Å²) in [6.07, 6.45) is 0. The van der Waals surface area contributed by atoms with Crippen molar-refractivity contribution in [1.29, 1.82) is 5.26 Å². The van der Waals surface area contributed by atoms with Gasteiger partial charge in [0.25, 0.3) is 5.91 Å². The Kier molecular flexibility index (Phi) is 3.30. The lowest BCUT2D eigenvalue weighted by Gasteiger charge is -2.01. The van der Waals surface area contributed by atoms with Crippen LogP contribution < -0.4 is 5.73 Å². The summed E-state index contributed by atoms with van der Waals surface area (Å²) in [7, 11) is 0. The number of fused-ring (bicyclic) bond motifs is 1. The molecule has 18 heavy (non-hydrogen) atoms. The number of rotatable bonds is 3. The Balaban J connectivity index is 2.41. The summed E-state index contributed by atoms with van der Waals surface area (Å²) in [6.45, 7) is 0. The van der Waals surface area contributed by atoms with Crippen LogP contribution in [0.25, 0.3) is 10.8 Å². The monoisotopic (exact) mass is 238 g/mol. The van der Waals surface area contributed by atoms with E-state index in [0.29, 0.717) is 5.69 Å². The molecule has 0 aliphatic rings. The second kappa shape index (κ2) is 5.06. The zero-order valence-electron chi connectivity index (χ0n) is 9.45. The molecule has 1 amide bonds. The first-order valence-electron chi connectivity index (χ1n) is 5.30. The molecule has 5 nitrogen and oxygen atoms in total. The van der Waals surface area contributed by atoms with Gasteiger partial charge < -0.3 is 5.73 Å². The molecule has 88 valence electrons. The van der Waals surface area contributed by atoms with Crippen LogP contribution in [-0.2, 0) is 4.79 Å². The van der Waals surface area contributed by atoms with E-state index in [1.807, 2.05) is 36.4 Å². The summed E-state index contributed by atoms with van der Waals surface area (Å²) in [6, 6.07) is 13.6. The Morgan fingerprint density at radius 1 is 1.22 bits per heavy atom. The van der Waals surface area contributed by atoms with Crippen LogP contribution in [-0.4, -0.2) is 11.9 Å². The van der Waals surface area contributed by atoms with E-state index in [0.717, 1.165) is 10.8 Å². The highest BCUT2D eigenvalue weighted by atomic mass is 16.1. The van der Waals surface area contributed by atoms with Crippen LogP contribution in [0.5, 0.6) is 0 Å². The highest BCUT2D eigenvalue weighted by Crippen LogP contribution is 2.25. The Morgan fingerprint density at radius 3 is 2.67 bits per heavy atom. The number of hydrogen-bond donors (Lipinski definition) is 1. The van der Waals surface area contributed by atoms with E-state index in [2.05, 4.69) is 10.2 Å². The lowest BCUT2D eigenvalue weighted by Crippen LogP contribution is -2.24. The van der Waals surface area contributed by atoms with Gasteiger partial charge in [-0.15, -0.1) is 0 Å². The minimum atomic E-state index is -1.25. The summed E-state index contributed by atoms with van der Waals surface area (Å²) in [5, 5.41) is 18.2. The maximum absolute atomic E-state index is 10.9. The Bertz CT molecular complexity index is 652. The van der Waals surface area contributed by atoms with E-state index in [9.17, 15) is 4.79 Å². The van der Waals surface area contributed by atoms with Crippen molar-refractivity contribution in [2.45, 2.75) is 6.04 Å². The molecule has 0 unspecified atom stereocenters. The second-order valence-electron chi connectivity index (χ2n) is 3.65. The number of nitrogens with zero attached hydrogens (tertiary/aromatic N) is 3. The fourth-order valence-corrected chi connectivity index (χ4v) is 1.56. The van der Waals surface area contributed by atoms with Crippen LogP contribution in [0.2, 0.25) is 0 Å². The molecule has 0 radical (unpaired) electrons. The largest absolute Gasteiger partial charge is 0.367 e. The van der Waals surface area contributed by atoms with E-state index in [4.69, 9.17) is 11.0 Å². The Hall–Kier alpha value is -2.74. The highest BCUT2D eigenvalue weighted by molar-refractivity contribution is 5.92. The Labute approximate surface area is 104 Å². The first-order chi connectivity index (χ1) is 8.72. The topological polar surface area (TPSA) is 91.6 Å². The zero-order valence-corrected chi connectivity index (χ0v) is 9.45. The predicted molar refractivity (Wildman–Crippen MR) is 67.1 cm³/mol. The Morgan fingerprint density at radius 2 is 1.94 bits per heavy atom. The van der Waals surface area contributed by atoms with Crippen LogP contribution in [0.15, 0.2) is 52.7 Å². The average molecular weight is 238 g/mol. The van der Waals surface area contributed by atoms with Gasteiger partial charge in [0.15, 0.2) is 0 Å². The van der Waals surface area contributed by atoms with Crippen molar-refractivity contribution in [3.63, 3.8) is 0 Å². The highest BCUT2D eigenvalue weighted by Gasteiger charge is 2.12. The number of primary amides is 1. The number of azo groups is 1. The van der Waals surface area contributed by atoms with Gasteiger partial charge in [-0.1, -0.05) is 36.4 Å². The summed E-state index contributed by atoms with van der Waals surface area (Å²) in [5.41, 5.74) is 5.61. The molecule has 0 fully saturated rings. The molecule has 0 saturated carbocycles. The normalized spacial score (nSPS) is 12.4. The predicted octanol–water partition coefficient (Wildman–Crippen LogP) is 2.30. The molecule has 0 aromatic heterocycles. The third-order valence-corrected chi connectivity index (χ3v) is 2.44. The zero-order chi connectivity index (χ0) is 13.0. The first-order valence-corrected chi connectivity index (χ1v) is 5.30. The van der Waals surface area contributed by atoms with Crippen LogP contribution in [0.3, 0.4) is 0 Å². The molecule has 0 aliphatic carbocycles. The van der Waals surface area contributed by atoms with Gasteiger partial charge in [0.1, 0.15) is 6.07 Å². The van der Waals surface area contributed by atoms with Crippen molar-refractivity contribution in [2.75, 3.05) is 0 Å². The molecule has 0 bridgehead atoms. The third kappa shape index (κ3) is 2.33. The summed E-state index contributed by atoms with van der Waals surface area (Å²) < 4.78 is 0. The van der Waals surface area contributed by atoms with Gasteiger partial charge in [-0.05, 0) is 11.5 Å². The fourth-order valence-electron chi connectivity index (χ4n) is 1.56. The minimum absolute atomic E-state index is 0.606. The maximum atomic E-state index is 10.9. The van der Waals surface area contributed by atoms with Gasteiger partial charge in [0, 0.05) is 5.39 Å². The molecule has 0 spiro atoms. The van der Waals surface area contributed by atoms with Crippen LogP contribution in [0.4, 0.5) is 5.69 Å². The summed E-state index contributed by atoms with van der Waals surface area (Å²) in [4.78, 5) is 10.9. The molecule has 1 atom stereocenters. The fraction of sp³-hybridized carbons (Fsp3) is 0.0769. The van der Waals surface area contributed by atoms with Crippen molar-refractivity contribution < 1.29 is 4.79 Å². The molecule has 5 heteroatoms. The number of hydrogen-bond acceptors (Lipinski definition) is 4. The molecule has 2 aromatic carbocycles. The number of nitrogens with two attached hydrogens (primary N) is 1. The lowest BCUT2D eigenvalue weighted by molar-refractivity contribution is -0.118. The van der Waals surface area contributed by atoms with Crippen molar-refractivity contribution in [3.05, 3.63) is 42.5 Å². The summed E-state index contributed by atoms with van der Waals surface area (Å²) >= 11 is 0. The molecule has 2 rings (SSSR count). The van der Waals surface area contributed by atoms with Gasteiger partial charge in [0.05, 0.1) is 5.69 Å². The molecular weight excluding hydrogens is 228 g/mol. The van der Waals surface area contributed by atoms with Crippen molar-refractivity contribution in [3.8, 4) is 6.07 Å². The SMILES string of the molecule is N#C[C@H](N=Nc1cccc2ccccc12)C(N)=O. The van der Waals surface area contributed by atoms with Crippen LogP contribution in [0.1, 0.15) is 0 Å². The van der Waals surface area contributed by atoms with Gasteiger partial charge >= 0.3 is 0 Å². The molecule has 0 aliphatic heterocycles. The van der Waals surface area contributed by atoms with Crippen molar-refractivity contribution in [1.82, 2.24) is 0 Å². The standard InChI is InChI=1S/C13H10N4O/c14-8-12(13(15)18)17-16-11-7-3-5-9-4-1-2-6-10(9)11/h1-7,12H,(H2,15,18)/t12-/m0/s1. The number of nitriles is 1. The number of benzene rings is 2. The smallest absolute Gasteiger partial charge is 0.258 e. The van der Waals surface area contributed by atoms with Gasteiger partial charge in [0.2, 0.25) is 6.04 Å². The summed E-state index contributed by atoms with van der Waals surface area (Å²) in [5.74, 6) is -0.804. The number of carbonyl (C=O) groups excluding carboxylic acids is 1. The average Bonchev–Trinajstić information content (AvgIpc) is 2.39.